The maximum atomic E-state index is 2.74. The molecule has 0 radical (unpaired) electrons. The van der Waals surface area contributed by atoms with Gasteiger partial charge in [-0.2, -0.15) is 0 Å². The Hall–Kier alpha value is -8.20. The Balaban J connectivity index is 0.902. The fourth-order valence-corrected chi connectivity index (χ4v) is 17.4. The van der Waals surface area contributed by atoms with E-state index >= 15 is 0 Å². The van der Waals surface area contributed by atoms with E-state index in [1.165, 1.54) is 120 Å². The van der Waals surface area contributed by atoms with Gasteiger partial charge in [0.05, 0.1) is 16.4 Å². The first kappa shape index (κ1) is 45.0. The number of rotatable bonds is 7. The summed E-state index contributed by atoms with van der Waals surface area (Å²) in [6, 6.07) is 93.2. The van der Waals surface area contributed by atoms with Crippen molar-refractivity contribution in [1.29, 1.82) is 0 Å². The average Bonchev–Trinajstić information content (AvgIpc) is 4.20. The molecule has 16 rings (SSSR count). The second-order valence-electron chi connectivity index (χ2n) is 24.1. The highest BCUT2D eigenvalue weighted by Crippen LogP contribution is 2.76. The fraction of sp³-hybridized carbons (Fsp3) is 0.200. The maximum absolute atomic E-state index is 2.74. The first-order chi connectivity index (χ1) is 37.8. The third-order valence-corrected chi connectivity index (χ3v) is 20.1. The number of hydrogen-bond donors (Lipinski definition) is 0. The van der Waals surface area contributed by atoms with Gasteiger partial charge in [0.2, 0.25) is 0 Å². The maximum Gasteiger partial charge on any atom is 0.0707 e. The molecule has 6 atom stereocenters. The van der Waals surface area contributed by atoms with Gasteiger partial charge in [-0.15, -0.1) is 0 Å². The molecule has 0 aliphatic heterocycles. The van der Waals surface area contributed by atoms with E-state index in [0.717, 1.165) is 11.6 Å². The molecular weight excluding hydrogens is 929 g/mol. The molecule has 0 amide bonds. The number of fused-ring (bicyclic) bond motifs is 8. The highest BCUT2D eigenvalue weighted by molar-refractivity contribution is 6.09. The van der Waals surface area contributed by atoms with E-state index < -0.39 is 5.41 Å². The predicted molar refractivity (Wildman–Crippen MR) is 319 cm³/mol. The molecule has 1 aromatic heterocycles. The molecule has 1 spiro atoms. The van der Waals surface area contributed by atoms with Crippen LogP contribution >= 0.6 is 0 Å². The Kier molecular flexibility index (Phi) is 9.74. The fourth-order valence-electron chi connectivity index (χ4n) is 17.4. The highest BCUT2D eigenvalue weighted by atomic mass is 15.1. The summed E-state index contributed by atoms with van der Waals surface area (Å²) in [6.07, 6.45) is 5.23. The van der Waals surface area contributed by atoms with Gasteiger partial charge in [-0.3, -0.25) is 0 Å². The Morgan fingerprint density at radius 2 is 0.922 bits per heavy atom. The topological polar surface area (TPSA) is 8.17 Å². The molecule has 77 heavy (non-hydrogen) atoms. The van der Waals surface area contributed by atoms with E-state index in [9.17, 15) is 0 Å². The summed E-state index contributed by atoms with van der Waals surface area (Å²) in [5, 5.41) is 2.56. The third-order valence-electron chi connectivity index (χ3n) is 20.1. The average molecular weight is 991 g/mol. The van der Waals surface area contributed by atoms with Gasteiger partial charge in [-0.25, -0.2) is 0 Å². The van der Waals surface area contributed by atoms with Crippen LogP contribution in [0.2, 0.25) is 0 Å². The minimum atomic E-state index is -0.515. The van der Waals surface area contributed by atoms with Gasteiger partial charge in [-0.05, 0) is 183 Å². The van der Waals surface area contributed by atoms with Crippen LogP contribution in [-0.2, 0) is 16.2 Å². The van der Waals surface area contributed by atoms with Crippen molar-refractivity contribution < 1.29 is 0 Å². The lowest BCUT2D eigenvalue weighted by Crippen LogP contribution is -2.46. The first-order valence-electron chi connectivity index (χ1n) is 28.4. The molecule has 1 heterocycles. The molecule has 372 valence electrons. The van der Waals surface area contributed by atoms with Crippen LogP contribution in [0.3, 0.4) is 0 Å². The van der Waals surface area contributed by atoms with Crippen molar-refractivity contribution in [3.05, 3.63) is 287 Å². The van der Waals surface area contributed by atoms with Crippen LogP contribution < -0.4 is 4.90 Å². The summed E-state index contributed by atoms with van der Waals surface area (Å²) in [4.78, 5) is 2.60. The molecule has 3 saturated carbocycles. The lowest BCUT2D eigenvalue weighted by atomic mass is 9.53. The zero-order valence-electron chi connectivity index (χ0n) is 44.2. The van der Waals surface area contributed by atoms with E-state index in [1.54, 1.807) is 11.1 Å². The molecule has 10 aromatic carbocycles. The lowest BCUT2D eigenvalue weighted by molar-refractivity contribution is 0.0823. The van der Waals surface area contributed by atoms with Crippen molar-refractivity contribution in [3.63, 3.8) is 0 Å². The largest absolute Gasteiger partial charge is 0.310 e. The van der Waals surface area contributed by atoms with E-state index in [2.05, 4.69) is 273 Å². The zero-order chi connectivity index (χ0) is 51.2. The summed E-state index contributed by atoms with van der Waals surface area (Å²) in [5.74, 6) is 3.10. The molecule has 5 aliphatic rings. The SMILES string of the molecule is CC1C[C@@H]2CC3C[C@H](C1)C21c2cc(N(c4ccc(-c5ccc(-n6c7ccccc7c7ccccc76)cc5)cc4)c4ccc5c(c4)C(C)(C)c4ccccc4-5)ccc2C(c2ccccc2)(c2ccccc2)c2ccccc2C31. The van der Waals surface area contributed by atoms with Gasteiger partial charge in [0, 0.05) is 44.4 Å². The molecule has 4 unspecified atom stereocenters. The van der Waals surface area contributed by atoms with Crippen LogP contribution in [-0.4, -0.2) is 4.57 Å². The van der Waals surface area contributed by atoms with Crippen molar-refractivity contribution in [2.24, 2.45) is 23.7 Å². The zero-order valence-corrected chi connectivity index (χ0v) is 44.2. The quantitative estimate of drug-likeness (QED) is 0.154. The normalized spacial score (nSPS) is 22.7. The number of benzene rings is 10. The molecular formula is C75H62N2. The van der Waals surface area contributed by atoms with Crippen LogP contribution in [0.15, 0.2) is 243 Å². The number of anilines is 3. The van der Waals surface area contributed by atoms with Crippen molar-refractivity contribution >= 4 is 38.9 Å². The lowest BCUT2D eigenvalue weighted by Gasteiger charge is -2.51. The third kappa shape index (κ3) is 6.19. The Bertz CT molecular complexity index is 4010. The van der Waals surface area contributed by atoms with Crippen LogP contribution in [0.4, 0.5) is 17.1 Å². The highest BCUT2D eigenvalue weighted by Gasteiger charge is 2.69. The van der Waals surface area contributed by atoms with Crippen molar-refractivity contribution in [2.45, 2.75) is 68.6 Å². The summed E-state index contributed by atoms with van der Waals surface area (Å²) in [6.45, 7) is 7.37. The van der Waals surface area contributed by atoms with Gasteiger partial charge in [0.15, 0.2) is 0 Å². The molecule has 2 bridgehead atoms. The molecule has 11 aromatic rings. The second kappa shape index (κ2) is 16.6. The summed E-state index contributed by atoms with van der Waals surface area (Å²) >= 11 is 0. The Labute approximate surface area is 453 Å². The smallest absolute Gasteiger partial charge is 0.0707 e. The molecule has 5 aliphatic carbocycles. The number of hydrogen-bond acceptors (Lipinski definition) is 1. The summed E-state index contributed by atoms with van der Waals surface area (Å²) < 4.78 is 2.40. The molecule has 3 fully saturated rings. The van der Waals surface area contributed by atoms with Crippen LogP contribution in [0.25, 0.3) is 49.7 Å². The van der Waals surface area contributed by atoms with Gasteiger partial charge < -0.3 is 9.47 Å². The Morgan fingerprint density at radius 1 is 0.416 bits per heavy atom. The van der Waals surface area contributed by atoms with Gasteiger partial charge in [0.1, 0.15) is 0 Å². The molecule has 0 N–H and O–H groups in total. The van der Waals surface area contributed by atoms with Gasteiger partial charge in [0.25, 0.3) is 0 Å². The van der Waals surface area contributed by atoms with Crippen molar-refractivity contribution in [1.82, 2.24) is 4.57 Å². The van der Waals surface area contributed by atoms with Crippen LogP contribution in [0.1, 0.15) is 96.9 Å². The standard InChI is InChI=1S/C75H62N2/c1-48-42-54-44-51-45-55(43-48)75(54)69-47-59(39-41-67(69)74(52-18-6-4-7-19-52,53-20-8-5-9-21-53)66-27-15-11-25-64(66)72(51)75)76(58-38-40-61-60-22-10-14-26-65(60)73(2,3)68(61)46-58)56-34-30-49(31-35-56)50-32-36-57(37-33-50)77-70-28-16-12-23-62(70)63-24-13-17-29-71(63)77/h4-41,46-48,51,54-55,72H,42-45H2,1-3H3/t48?,51?,54-,55+,72?,75?. The van der Waals surface area contributed by atoms with Gasteiger partial charge in [-0.1, -0.05) is 203 Å². The summed E-state index contributed by atoms with van der Waals surface area (Å²) in [7, 11) is 0. The predicted octanol–water partition coefficient (Wildman–Crippen LogP) is 19.0. The minimum absolute atomic E-state index is 0.0203. The van der Waals surface area contributed by atoms with Gasteiger partial charge >= 0.3 is 0 Å². The van der Waals surface area contributed by atoms with E-state index in [4.69, 9.17) is 0 Å². The second-order valence-corrected chi connectivity index (χ2v) is 24.1. The van der Waals surface area contributed by atoms with Crippen molar-refractivity contribution in [3.8, 4) is 27.9 Å². The van der Waals surface area contributed by atoms with Crippen LogP contribution in [0.5, 0.6) is 0 Å². The van der Waals surface area contributed by atoms with Crippen LogP contribution in [0, 0.1) is 23.7 Å². The van der Waals surface area contributed by atoms with Crippen molar-refractivity contribution in [2.75, 3.05) is 4.90 Å². The first-order valence-corrected chi connectivity index (χ1v) is 28.4. The number of nitrogens with zero attached hydrogens (tertiary/aromatic N) is 2. The minimum Gasteiger partial charge on any atom is -0.310 e. The monoisotopic (exact) mass is 990 g/mol. The Morgan fingerprint density at radius 3 is 1.57 bits per heavy atom. The molecule has 2 nitrogen and oxygen atoms in total. The number of aromatic nitrogens is 1. The molecule has 2 heteroatoms. The van der Waals surface area contributed by atoms with E-state index in [0.29, 0.717) is 23.7 Å². The summed E-state index contributed by atoms with van der Waals surface area (Å²) in [5.41, 5.74) is 23.3. The molecule has 0 saturated heterocycles. The number of para-hydroxylation sites is 2. The van der Waals surface area contributed by atoms with E-state index in [-0.39, 0.29) is 10.8 Å². The van der Waals surface area contributed by atoms with E-state index in [1.807, 2.05) is 0 Å².